The Kier molecular flexibility index (Phi) is 4.16. The number of hydrogen-bond donors (Lipinski definition) is 0. The molecule has 0 aromatic heterocycles. The van der Waals surface area contributed by atoms with Crippen LogP contribution < -0.4 is 5.46 Å². The zero-order chi connectivity index (χ0) is 13.2. The molecule has 0 unspecified atom stereocenters. The summed E-state index contributed by atoms with van der Waals surface area (Å²) in [5.74, 6) is 0.912. The average molecular weight is 243 g/mol. The predicted octanol–water partition coefficient (Wildman–Crippen LogP) is 2.00. The van der Waals surface area contributed by atoms with Crippen LogP contribution in [-0.2, 0) is 6.42 Å². The van der Waals surface area contributed by atoms with Crippen molar-refractivity contribution in [1.29, 1.82) is 0 Å². The number of benzene rings is 1. The summed E-state index contributed by atoms with van der Waals surface area (Å²) in [5.41, 5.74) is 3.36. The maximum Gasteiger partial charge on any atom is 0.139 e. The first-order chi connectivity index (χ1) is 8.53. The topological polar surface area (TPSA) is 3.24 Å². The standard InChI is InChI=1S/C16H26BN/c1-13-8-10-16(11-9-13,18(2)3)12-14-6-4-5-7-15(14)17/h4-7,13H,8-12,17H2,1-3H3. The van der Waals surface area contributed by atoms with Gasteiger partial charge in [-0.15, -0.1) is 0 Å². The molecule has 0 spiro atoms. The van der Waals surface area contributed by atoms with Crippen LogP contribution in [0.15, 0.2) is 24.3 Å². The summed E-state index contributed by atoms with van der Waals surface area (Å²) < 4.78 is 0. The maximum absolute atomic E-state index is 2.48. The third-order valence-electron chi connectivity index (χ3n) is 4.93. The van der Waals surface area contributed by atoms with Crippen molar-refractivity contribution in [3.05, 3.63) is 29.8 Å². The minimum absolute atomic E-state index is 0.388. The van der Waals surface area contributed by atoms with Crippen LogP contribution in [-0.4, -0.2) is 32.4 Å². The van der Waals surface area contributed by atoms with E-state index in [9.17, 15) is 0 Å². The molecule has 98 valence electrons. The van der Waals surface area contributed by atoms with E-state index in [1.807, 2.05) is 0 Å². The molecule has 0 N–H and O–H groups in total. The van der Waals surface area contributed by atoms with E-state index in [0.29, 0.717) is 5.54 Å². The molecule has 0 saturated heterocycles. The van der Waals surface area contributed by atoms with Crippen molar-refractivity contribution in [3.63, 3.8) is 0 Å². The molecule has 0 radical (unpaired) electrons. The molecule has 2 rings (SSSR count). The lowest BCUT2D eigenvalue weighted by atomic mass is 9.71. The molecule has 0 aliphatic heterocycles. The van der Waals surface area contributed by atoms with Crippen LogP contribution >= 0.6 is 0 Å². The van der Waals surface area contributed by atoms with Gasteiger partial charge in [0.2, 0.25) is 0 Å². The van der Waals surface area contributed by atoms with Crippen LogP contribution in [0.3, 0.4) is 0 Å². The Morgan fingerprint density at radius 2 is 1.83 bits per heavy atom. The number of nitrogens with zero attached hydrogens (tertiary/aromatic N) is 1. The molecule has 1 aromatic rings. The van der Waals surface area contributed by atoms with Crippen LogP contribution in [0.1, 0.15) is 38.2 Å². The van der Waals surface area contributed by atoms with Crippen molar-refractivity contribution >= 4 is 13.3 Å². The fraction of sp³-hybridized carbons (Fsp3) is 0.625. The van der Waals surface area contributed by atoms with E-state index < -0.39 is 0 Å². The molecule has 0 atom stereocenters. The number of hydrogen-bond acceptors (Lipinski definition) is 1. The lowest BCUT2D eigenvalue weighted by Gasteiger charge is -2.45. The van der Waals surface area contributed by atoms with Crippen molar-refractivity contribution < 1.29 is 0 Å². The highest BCUT2D eigenvalue weighted by atomic mass is 15.1. The van der Waals surface area contributed by atoms with E-state index in [-0.39, 0.29) is 0 Å². The molecule has 1 saturated carbocycles. The summed E-state index contributed by atoms with van der Waals surface area (Å²) in [6.07, 6.45) is 6.65. The number of likely N-dealkylation sites (N-methyl/N-ethyl adjacent to an activating group) is 1. The summed E-state index contributed by atoms with van der Waals surface area (Å²) in [6.45, 7) is 2.40. The van der Waals surface area contributed by atoms with Crippen LogP contribution in [0.25, 0.3) is 0 Å². The molecule has 1 aliphatic carbocycles. The fourth-order valence-corrected chi connectivity index (χ4v) is 3.24. The Morgan fingerprint density at radius 3 is 2.39 bits per heavy atom. The first kappa shape index (κ1) is 13.7. The zero-order valence-electron chi connectivity index (χ0n) is 12.4. The molecular weight excluding hydrogens is 217 g/mol. The molecule has 0 amide bonds. The van der Waals surface area contributed by atoms with Crippen LogP contribution in [0.2, 0.25) is 0 Å². The van der Waals surface area contributed by atoms with Gasteiger partial charge >= 0.3 is 0 Å². The van der Waals surface area contributed by atoms with Gasteiger partial charge in [0.05, 0.1) is 0 Å². The molecule has 1 aromatic carbocycles. The Balaban J connectivity index is 2.19. The first-order valence-electron chi connectivity index (χ1n) is 7.25. The minimum atomic E-state index is 0.388. The van der Waals surface area contributed by atoms with Gasteiger partial charge in [-0.3, -0.25) is 0 Å². The van der Waals surface area contributed by atoms with Gasteiger partial charge in [0.1, 0.15) is 7.85 Å². The van der Waals surface area contributed by atoms with Crippen molar-refractivity contribution in [1.82, 2.24) is 4.90 Å². The van der Waals surface area contributed by atoms with Gasteiger partial charge in [-0.1, -0.05) is 42.2 Å². The Bertz CT molecular complexity index is 392. The second-order valence-corrected chi connectivity index (χ2v) is 6.40. The largest absolute Gasteiger partial charge is 0.303 e. The SMILES string of the molecule is Bc1ccccc1CC1(N(C)C)CCC(C)CC1. The minimum Gasteiger partial charge on any atom is -0.303 e. The molecule has 0 heterocycles. The molecule has 18 heavy (non-hydrogen) atoms. The van der Waals surface area contributed by atoms with Gasteiger partial charge in [-0.2, -0.15) is 0 Å². The molecular formula is C16H26BN. The molecule has 1 aliphatic rings. The summed E-state index contributed by atoms with van der Waals surface area (Å²) in [4.78, 5) is 2.48. The highest BCUT2D eigenvalue weighted by Gasteiger charge is 2.36. The quantitative estimate of drug-likeness (QED) is 0.734. The van der Waals surface area contributed by atoms with E-state index in [1.54, 1.807) is 0 Å². The second kappa shape index (κ2) is 5.48. The maximum atomic E-state index is 2.48. The number of rotatable bonds is 3. The smallest absolute Gasteiger partial charge is 0.139 e. The predicted molar refractivity (Wildman–Crippen MR) is 82.4 cm³/mol. The van der Waals surface area contributed by atoms with Crippen molar-refractivity contribution in [2.75, 3.05) is 14.1 Å². The monoisotopic (exact) mass is 243 g/mol. The average Bonchev–Trinajstić information content (AvgIpc) is 2.35. The third-order valence-corrected chi connectivity index (χ3v) is 4.93. The molecule has 1 nitrogen and oxygen atoms in total. The molecule has 2 heteroatoms. The van der Waals surface area contributed by atoms with E-state index in [4.69, 9.17) is 0 Å². The normalized spacial score (nSPS) is 28.6. The van der Waals surface area contributed by atoms with Crippen molar-refractivity contribution in [3.8, 4) is 0 Å². The Morgan fingerprint density at radius 1 is 1.22 bits per heavy atom. The van der Waals surface area contributed by atoms with E-state index in [2.05, 4.69) is 58.0 Å². The van der Waals surface area contributed by atoms with Crippen molar-refractivity contribution in [2.24, 2.45) is 5.92 Å². The fourth-order valence-electron chi connectivity index (χ4n) is 3.24. The second-order valence-electron chi connectivity index (χ2n) is 6.40. The Hall–Kier alpha value is -0.755. The van der Waals surface area contributed by atoms with E-state index in [1.165, 1.54) is 43.1 Å². The van der Waals surface area contributed by atoms with Gasteiger partial charge in [-0.25, -0.2) is 0 Å². The highest BCUT2D eigenvalue weighted by molar-refractivity contribution is 6.33. The Labute approximate surface area is 113 Å². The lowest BCUT2D eigenvalue weighted by molar-refractivity contribution is 0.0832. The van der Waals surface area contributed by atoms with Gasteiger partial charge in [0, 0.05) is 5.54 Å². The zero-order valence-corrected chi connectivity index (χ0v) is 12.4. The van der Waals surface area contributed by atoms with Crippen molar-refractivity contribution in [2.45, 2.75) is 44.6 Å². The van der Waals surface area contributed by atoms with Gasteiger partial charge in [0.15, 0.2) is 0 Å². The van der Waals surface area contributed by atoms with Crippen LogP contribution in [0, 0.1) is 5.92 Å². The summed E-state index contributed by atoms with van der Waals surface area (Å²) in [6, 6.07) is 8.87. The van der Waals surface area contributed by atoms with Gasteiger partial charge in [0.25, 0.3) is 0 Å². The summed E-state index contributed by atoms with van der Waals surface area (Å²) in [5, 5.41) is 0. The van der Waals surface area contributed by atoms with Gasteiger partial charge in [-0.05, 0) is 52.1 Å². The van der Waals surface area contributed by atoms with Crippen LogP contribution in [0.4, 0.5) is 0 Å². The highest BCUT2D eigenvalue weighted by Crippen LogP contribution is 2.37. The van der Waals surface area contributed by atoms with Crippen LogP contribution in [0.5, 0.6) is 0 Å². The van der Waals surface area contributed by atoms with E-state index >= 15 is 0 Å². The lowest BCUT2D eigenvalue weighted by Crippen LogP contribution is -2.49. The molecule has 1 fully saturated rings. The molecule has 0 bridgehead atoms. The first-order valence-corrected chi connectivity index (χ1v) is 7.25. The van der Waals surface area contributed by atoms with E-state index in [0.717, 1.165) is 5.92 Å². The summed E-state index contributed by atoms with van der Waals surface area (Å²) in [7, 11) is 6.76. The third kappa shape index (κ3) is 2.80. The van der Waals surface area contributed by atoms with Gasteiger partial charge < -0.3 is 4.90 Å². The summed E-state index contributed by atoms with van der Waals surface area (Å²) >= 11 is 0.